The Balaban J connectivity index is 2.50. The Bertz CT molecular complexity index is 914. The lowest BCUT2D eigenvalue weighted by Gasteiger charge is -2.13. The topological polar surface area (TPSA) is 134 Å². The summed E-state index contributed by atoms with van der Waals surface area (Å²) in [7, 11) is 2.71. The summed E-state index contributed by atoms with van der Waals surface area (Å²) in [5, 5.41) is 24.1. The number of anilines is 1. The number of rotatable bonds is 6. The SMILES string of the molecule is COc1cc(NC(=O)c2cc([N+](=O)[O-])c(Cl)c([N+](=O)[O-])c2)c(OC)cc1Cl. The van der Waals surface area contributed by atoms with Gasteiger partial charge in [0, 0.05) is 24.3 Å². The standard InChI is InChI=1S/C15H11Cl2N3O7/c1-26-12-6-9(13(27-2)5-8(12)16)18-15(21)7-3-10(19(22)23)14(17)11(4-7)20(24)25/h3-6H,1-2H3,(H,18,21). The second-order valence-corrected chi connectivity index (χ2v) is 5.77. The van der Waals surface area contributed by atoms with E-state index in [1.54, 1.807) is 0 Å². The second kappa shape index (κ2) is 8.06. The second-order valence-electron chi connectivity index (χ2n) is 4.98. The fraction of sp³-hybridized carbons (Fsp3) is 0.133. The first-order chi connectivity index (χ1) is 12.7. The molecule has 2 aromatic carbocycles. The molecule has 0 aliphatic carbocycles. The molecule has 0 fully saturated rings. The van der Waals surface area contributed by atoms with E-state index in [0.717, 1.165) is 12.1 Å². The molecule has 0 saturated carbocycles. The van der Waals surface area contributed by atoms with Crippen LogP contribution in [0.15, 0.2) is 24.3 Å². The summed E-state index contributed by atoms with van der Waals surface area (Å²) in [6.07, 6.45) is 0. The van der Waals surface area contributed by atoms with Crippen LogP contribution in [0.2, 0.25) is 10.0 Å². The van der Waals surface area contributed by atoms with Gasteiger partial charge in [-0.15, -0.1) is 0 Å². The van der Waals surface area contributed by atoms with E-state index in [-0.39, 0.29) is 27.8 Å². The Labute approximate surface area is 161 Å². The number of carbonyl (C=O) groups excluding carboxylic acids is 1. The van der Waals surface area contributed by atoms with Gasteiger partial charge in [-0.2, -0.15) is 0 Å². The number of nitrogens with zero attached hydrogens (tertiary/aromatic N) is 2. The first-order valence-corrected chi connectivity index (χ1v) is 7.80. The number of nitro groups is 2. The normalized spacial score (nSPS) is 10.2. The lowest BCUT2D eigenvalue weighted by atomic mass is 10.1. The summed E-state index contributed by atoms with van der Waals surface area (Å²) in [6, 6.07) is 4.44. The Morgan fingerprint density at radius 2 is 1.48 bits per heavy atom. The van der Waals surface area contributed by atoms with Crippen molar-refractivity contribution in [3.05, 3.63) is 60.1 Å². The summed E-state index contributed by atoms with van der Waals surface area (Å²) in [6.45, 7) is 0. The predicted octanol–water partition coefficient (Wildman–Crippen LogP) is 4.08. The summed E-state index contributed by atoms with van der Waals surface area (Å²) in [4.78, 5) is 32.8. The largest absolute Gasteiger partial charge is 0.495 e. The lowest BCUT2D eigenvalue weighted by molar-refractivity contribution is -0.393. The smallest absolute Gasteiger partial charge is 0.295 e. The number of hydrogen-bond acceptors (Lipinski definition) is 7. The maximum atomic E-state index is 12.5. The molecule has 2 rings (SSSR count). The number of methoxy groups -OCH3 is 2. The molecule has 0 spiro atoms. The van der Waals surface area contributed by atoms with Crippen LogP contribution >= 0.6 is 23.2 Å². The lowest BCUT2D eigenvalue weighted by Crippen LogP contribution is -2.14. The molecule has 0 radical (unpaired) electrons. The van der Waals surface area contributed by atoms with Gasteiger partial charge in [-0.25, -0.2) is 0 Å². The molecule has 1 amide bonds. The third-order valence-electron chi connectivity index (χ3n) is 3.41. The van der Waals surface area contributed by atoms with E-state index >= 15 is 0 Å². The number of carbonyl (C=O) groups is 1. The molecule has 1 N–H and O–H groups in total. The van der Waals surface area contributed by atoms with Gasteiger partial charge in [0.05, 0.1) is 40.3 Å². The molecule has 0 aliphatic heterocycles. The zero-order valence-electron chi connectivity index (χ0n) is 13.8. The third-order valence-corrected chi connectivity index (χ3v) is 4.09. The highest BCUT2D eigenvalue weighted by Gasteiger charge is 2.27. The third kappa shape index (κ3) is 4.18. The van der Waals surface area contributed by atoms with Gasteiger partial charge in [0.15, 0.2) is 5.02 Å². The van der Waals surface area contributed by atoms with Crippen molar-refractivity contribution in [3.8, 4) is 11.5 Å². The number of benzene rings is 2. The van der Waals surface area contributed by atoms with E-state index in [0.29, 0.717) is 0 Å². The average molecular weight is 416 g/mol. The molecule has 12 heteroatoms. The van der Waals surface area contributed by atoms with Crippen LogP contribution in [0.4, 0.5) is 17.1 Å². The van der Waals surface area contributed by atoms with Gasteiger partial charge >= 0.3 is 0 Å². The first kappa shape index (κ1) is 20.2. The molecule has 0 aromatic heterocycles. The van der Waals surface area contributed by atoms with Gasteiger partial charge in [0.25, 0.3) is 17.3 Å². The fourth-order valence-corrected chi connectivity index (χ4v) is 2.62. The Morgan fingerprint density at radius 3 is 1.93 bits per heavy atom. The van der Waals surface area contributed by atoms with Gasteiger partial charge < -0.3 is 14.8 Å². The van der Waals surface area contributed by atoms with Crippen LogP contribution in [0.25, 0.3) is 0 Å². The maximum Gasteiger partial charge on any atom is 0.295 e. The van der Waals surface area contributed by atoms with Crippen molar-refractivity contribution < 1.29 is 24.1 Å². The van der Waals surface area contributed by atoms with Crippen molar-refractivity contribution in [2.45, 2.75) is 0 Å². The van der Waals surface area contributed by atoms with Crippen molar-refractivity contribution in [2.24, 2.45) is 0 Å². The highest BCUT2D eigenvalue weighted by Crippen LogP contribution is 2.37. The van der Waals surface area contributed by atoms with Crippen molar-refractivity contribution in [3.63, 3.8) is 0 Å². The number of hydrogen-bond donors (Lipinski definition) is 1. The minimum Gasteiger partial charge on any atom is -0.495 e. The zero-order chi connectivity index (χ0) is 20.3. The molecular weight excluding hydrogens is 405 g/mol. The summed E-state index contributed by atoms with van der Waals surface area (Å²) in [5.41, 5.74) is -1.73. The molecule has 2 aromatic rings. The monoisotopic (exact) mass is 415 g/mol. The van der Waals surface area contributed by atoms with E-state index < -0.39 is 32.2 Å². The zero-order valence-corrected chi connectivity index (χ0v) is 15.3. The van der Waals surface area contributed by atoms with Crippen molar-refractivity contribution >= 4 is 46.2 Å². The predicted molar refractivity (Wildman–Crippen MR) is 97.3 cm³/mol. The van der Waals surface area contributed by atoms with Gasteiger partial charge in [-0.1, -0.05) is 23.2 Å². The minimum absolute atomic E-state index is 0.143. The van der Waals surface area contributed by atoms with Crippen LogP contribution in [-0.2, 0) is 0 Å². The van der Waals surface area contributed by atoms with Crippen LogP contribution in [0.5, 0.6) is 11.5 Å². The van der Waals surface area contributed by atoms with Crippen molar-refractivity contribution in [1.29, 1.82) is 0 Å². The van der Waals surface area contributed by atoms with E-state index in [1.165, 1.54) is 26.4 Å². The fourth-order valence-electron chi connectivity index (χ4n) is 2.14. The molecule has 0 unspecified atom stereocenters. The van der Waals surface area contributed by atoms with Crippen LogP contribution in [0, 0.1) is 20.2 Å². The van der Waals surface area contributed by atoms with Crippen LogP contribution in [0.3, 0.4) is 0 Å². The summed E-state index contributed by atoms with van der Waals surface area (Å²) < 4.78 is 10.2. The van der Waals surface area contributed by atoms with Crippen LogP contribution < -0.4 is 14.8 Å². The molecule has 0 saturated heterocycles. The van der Waals surface area contributed by atoms with Gasteiger partial charge in [-0.05, 0) is 0 Å². The van der Waals surface area contributed by atoms with Gasteiger partial charge in [0.1, 0.15) is 11.5 Å². The number of amides is 1. The molecule has 142 valence electrons. The molecular formula is C15H11Cl2N3O7. The van der Waals surface area contributed by atoms with E-state index in [9.17, 15) is 25.0 Å². The number of halogens is 2. The molecule has 0 heterocycles. The Hall–Kier alpha value is -3.11. The summed E-state index contributed by atoms with van der Waals surface area (Å²) >= 11 is 11.7. The number of ether oxygens (including phenoxy) is 2. The van der Waals surface area contributed by atoms with Gasteiger partial charge in [0.2, 0.25) is 0 Å². The molecule has 0 bridgehead atoms. The average Bonchev–Trinajstić information content (AvgIpc) is 2.62. The van der Waals surface area contributed by atoms with Gasteiger partial charge in [-0.3, -0.25) is 25.0 Å². The maximum absolute atomic E-state index is 12.5. The highest BCUT2D eigenvalue weighted by atomic mass is 35.5. The Kier molecular flexibility index (Phi) is 6.03. The van der Waals surface area contributed by atoms with Crippen LogP contribution in [0.1, 0.15) is 10.4 Å². The van der Waals surface area contributed by atoms with E-state index in [1.807, 2.05) is 0 Å². The molecule has 27 heavy (non-hydrogen) atoms. The first-order valence-electron chi connectivity index (χ1n) is 7.04. The van der Waals surface area contributed by atoms with E-state index in [4.69, 9.17) is 32.7 Å². The minimum atomic E-state index is -0.919. The van der Waals surface area contributed by atoms with Crippen molar-refractivity contribution in [2.75, 3.05) is 19.5 Å². The summed E-state index contributed by atoms with van der Waals surface area (Å²) in [5.74, 6) is -0.437. The van der Waals surface area contributed by atoms with E-state index in [2.05, 4.69) is 5.32 Å². The highest BCUT2D eigenvalue weighted by molar-refractivity contribution is 6.35. The van der Waals surface area contributed by atoms with Crippen LogP contribution in [-0.4, -0.2) is 30.0 Å². The quantitative estimate of drug-likeness (QED) is 0.554. The van der Waals surface area contributed by atoms with Crippen molar-refractivity contribution in [1.82, 2.24) is 0 Å². The molecule has 10 nitrogen and oxygen atoms in total. The number of nitrogens with one attached hydrogen (secondary N) is 1. The molecule has 0 aliphatic rings. The Morgan fingerprint density at radius 1 is 0.963 bits per heavy atom. The number of nitro benzene ring substituents is 2. The molecule has 0 atom stereocenters.